The first-order valence-corrected chi connectivity index (χ1v) is 16.5. The van der Waals surface area contributed by atoms with Gasteiger partial charge in [-0.3, -0.25) is 4.57 Å². The van der Waals surface area contributed by atoms with E-state index in [2.05, 4.69) is 33.6 Å². The van der Waals surface area contributed by atoms with Gasteiger partial charge in [0, 0.05) is 25.2 Å². The molecule has 0 radical (unpaired) electrons. The van der Waals surface area contributed by atoms with E-state index in [-0.39, 0.29) is 12.1 Å². The first-order valence-electron chi connectivity index (χ1n) is 14.8. The van der Waals surface area contributed by atoms with Crippen LogP contribution in [0.1, 0.15) is 52.7 Å². The molecule has 0 aromatic heterocycles. The number of benzene rings is 4. The van der Waals surface area contributed by atoms with Crippen molar-refractivity contribution in [3.05, 3.63) is 150 Å². The molecule has 1 heterocycles. The summed E-state index contributed by atoms with van der Waals surface area (Å²) in [6, 6.07) is 39.6. The number of esters is 1. The molecule has 4 aromatic rings. The Balaban J connectivity index is 1.47. The Hall–Kier alpha value is -3.76. The molecule has 0 bridgehead atoms. The van der Waals surface area contributed by atoms with Crippen molar-refractivity contribution in [3.63, 3.8) is 0 Å². The molecule has 0 unspecified atom stereocenters. The molecule has 3 atom stereocenters. The molecule has 0 spiro atoms. The molecule has 6 rings (SSSR count). The molecule has 1 aliphatic carbocycles. The number of hydrogen-bond acceptors (Lipinski definition) is 3. The predicted octanol–water partition coefficient (Wildman–Crippen LogP) is 8.41. The van der Waals surface area contributed by atoms with Gasteiger partial charge in [-0.2, -0.15) is 0 Å². The summed E-state index contributed by atoms with van der Waals surface area (Å²) >= 11 is 0. The Labute approximate surface area is 248 Å². The van der Waals surface area contributed by atoms with E-state index in [0.29, 0.717) is 18.7 Å². The van der Waals surface area contributed by atoms with Crippen molar-refractivity contribution in [2.75, 3.05) is 0 Å². The highest BCUT2D eigenvalue weighted by molar-refractivity contribution is 7.60. The van der Waals surface area contributed by atoms with Crippen molar-refractivity contribution in [1.29, 1.82) is 0 Å². The molecule has 6 heteroatoms. The zero-order chi connectivity index (χ0) is 28.8. The SMILES string of the molecule is O=C(O[C@@H](/C=C/c1ccccc1)P1(=O)N(Cc2ccccc2)[C@@H]2CCCC[C@H]2N1Cc1ccccc1)c1ccccc1. The summed E-state index contributed by atoms with van der Waals surface area (Å²) in [4.78, 5) is 13.6. The van der Waals surface area contributed by atoms with Gasteiger partial charge in [-0.25, -0.2) is 14.1 Å². The highest BCUT2D eigenvalue weighted by Crippen LogP contribution is 2.68. The summed E-state index contributed by atoms with van der Waals surface area (Å²) < 4.78 is 26.8. The fraction of sp³-hybridized carbons (Fsp3) is 0.250. The molecule has 2 fully saturated rings. The molecule has 1 saturated carbocycles. The maximum Gasteiger partial charge on any atom is 0.339 e. The van der Waals surface area contributed by atoms with Crippen LogP contribution in [0.15, 0.2) is 127 Å². The van der Waals surface area contributed by atoms with E-state index in [0.717, 1.165) is 42.4 Å². The monoisotopic (exact) mass is 576 g/mol. The largest absolute Gasteiger partial charge is 0.444 e. The van der Waals surface area contributed by atoms with Gasteiger partial charge in [0.05, 0.1) is 5.56 Å². The minimum atomic E-state index is -3.51. The van der Waals surface area contributed by atoms with Crippen molar-refractivity contribution in [2.24, 2.45) is 0 Å². The molecule has 4 aromatic carbocycles. The normalized spacial score (nSPS) is 21.1. The Morgan fingerprint density at radius 3 is 1.67 bits per heavy atom. The summed E-state index contributed by atoms with van der Waals surface area (Å²) in [5.41, 5.74) is 3.61. The lowest BCUT2D eigenvalue weighted by atomic mass is 9.90. The lowest BCUT2D eigenvalue weighted by molar-refractivity contribution is 0.0482. The van der Waals surface area contributed by atoms with E-state index in [1.54, 1.807) is 12.1 Å². The van der Waals surface area contributed by atoms with E-state index in [1.807, 2.05) is 97.1 Å². The standard InChI is InChI=1S/C36H37N2O3P/c39-36(32-21-11-4-12-22-32)41-35(26-25-29-15-5-1-6-16-29)42(40)37(27-30-17-7-2-8-18-30)33-23-13-14-24-34(33)38(42)28-31-19-9-3-10-20-31/h1-12,15-22,25-26,33-35H,13-14,23-24,27-28H2/b26-25+/t33-,34-,35-/m1/s1. The van der Waals surface area contributed by atoms with Crippen molar-refractivity contribution < 1.29 is 14.1 Å². The Kier molecular flexibility index (Phi) is 8.81. The van der Waals surface area contributed by atoms with Gasteiger partial charge in [-0.05, 0) is 47.7 Å². The highest BCUT2D eigenvalue weighted by Gasteiger charge is 2.59. The second-order valence-electron chi connectivity index (χ2n) is 11.1. The van der Waals surface area contributed by atoms with Gasteiger partial charge in [-0.15, -0.1) is 0 Å². The molecular formula is C36H37N2O3P. The van der Waals surface area contributed by atoms with Crippen LogP contribution in [-0.4, -0.2) is 33.2 Å². The molecule has 214 valence electrons. The first kappa shape index (κ1) is 28.4. The van der Waals surface area contributed by atoms with Gasteiger partial charge in [0.1, 0.15) is 0 Å². The van der Waals surface area contributed by atoms with E-state index in [9.17, 15) is 4.79 Å². The first-order chi connectivity index (χ1) is 20.6. The van der Waals surface area contributed by atoms with E-state index in [4.69, 9.17) is 4.74 Å². The summed E-state index contributed by atoms with van der Waals surface area (Å²) in [5.74, 6) is -1.42. The van der Waals surface area contributed by atoms with Gasteiger partial charge in [0.15, 0.2) is 5.85 Å². The van der Waals surface area contributed by atoms with Crippen LogP contribution in [-0.2, 0) is 22.4 Å². The van der Waals surface area contributed by atoms with Gasteiger partial charge in [0.25, 0.3) is 7.44 Å². The van der Waals surface area contributed by atoms with Crippen LogP contribution in [0, 0.1) is 0 Å². The number of rotatable bonds is 9. The Bertz CT molecular complexity index is 1470. The zero-order valence-corrected chi connectivity index (χ0v) is 24.6. The Morgan fingerprint density at radius 1 is 0.714 bits per heavy atom. The number of ether oxygens (including phenoxy) is 1. The number of carbonyl (C=O) groups excluding carboxylic acids is 1. The number of hydrogen-bond donors (Lipinski definition) is 0. The van der Waals surface area contributed by atoms with E-state index < -0.39 is 19.3 Å². The van der Waals surface area contributed by atoms with Gasteiger partial charge in [-0.1, -0.05) is 128 Å². The molecule has 0 amide bonds. The minimum Gasteiger partial charge on any atom is -0.444 e. The molecule has 42 heavy (non-hydrogen) atoms. The fourth-order valence-corrected chi connectivity index (χ4v) is 9.90. The second-order valence-corrected chi connectivity index (χ2v) is 13.8. The third-order valence-electron chi connectivity index (χ3n) is 8.39. The maximum atomic E-state index is 16.1. The molecule has 1 aliphatic heterocycles. The van der Waals surface area contributed by atoms with Crippen molar-refractivity contribution >= 4 is 19.5 Å². The van der Waals surface area contributed by atoms with Crippen LogP contribution < -0.4 is 0 Å². The summed E-state index contributed by atoms with van der Waals surface area (Å²) in [6.07, 6.45) is 7.92. The highest BCUT2D eigenvalue weighted by atomic mass is 31.2. The van der Waals surface area contributed by atoms with E-state index >= 15 is 4.57 Å². The third kappa shape index (κ3) is 6.05. The number of carbonyl (C=O) groups is 1. The van der Waals surface area contributed by atoms with Gasteiger partial charge >= 0.3 is 5.97 Å². The lowest BCUT2D eigenvalue weighted by Gasteiger charge is -2.36. The number of nitrogens with zero attached hydrogens (tertiary/aromatic N) is 2. The molecular weight excluding hydrogens is 539 g/mol. The summed E-state index contributed by atoms with van der Waals surface area (Å²) in [5, 5.41) is 0. The predicted molar refractivity (Wildman–Crippen MR) is 169 cm³/mol. The minimum absolute atomic E-state index is 0.108. The topological polar surface area (TPSA) is 49.9 Å². The van der Waals surface area contributed by atoms with Gasteiger partial charge in [0.2, 0.25) is 0 Å². The lowest BCUT2D eigenvalue weighted by Crippen LogP contribution is -2.39. The van der Waals surface area contributed by atoms with Crippen molar-refractivity contribution in [3.8, 4) is 0 Å². The maximum absolute atomic E-state index is 16.1. The van der Waals surface area contributed by atoms with Crippen molar-refractivity contribution in [1.82, 2.24) is 9.34 Å². The van der Waals surface area contributed by atoms with Crippen LogP contribution in [0.3, 0.4) is 0 Å². The van der Waals surface area contributed by atoms with E-state index in [1.165, 1.54) is 0 Å². The quantitative estimate of drug-likeness (QED) is 0.148. The molecule has 5 nitrogen and oxygen atoms in total. The molecule has 1 saturated heterocycles. The second kappa shape index (κ2) is 13.0. The van der Waals surface area contributed by atoms with Crippen LogP contribution in [0.2, 0.25) is 0 Å². The molecule has 0 N–H and O–H groups in total. The third-order valence-corrected chi connectivity index (χ3v) is 11.7. The van der Waals surface area contributed by atoms with Crippen LogP contribution in [0.5, 0.6) is 0 Å². The van der Waals surface area contributed by atoms with Crippen LogP contribution in [0.25, 0.3) is 6.08 Å². The average Bonchev–Trinajstić information content (AvgIpc) is 3.28. The van der Waals surface area contributed by atoms with Crippen LogP contribution >= 0.6 is 7.44 Å². The van der Waals surface area contributed by atoms with Crippen molar-refractivity contribution in [2.45, 2.75) is 56.7 Å². The summed E-state index contributed by atoms with van der Waals surface area (Å²) in [7, 11) is -3.51. The smallest absolute Gasteiger partial charge is 0.339 e. The van der Waals surface area contributed by atoms with Gasteiger partial charge < -0.3 is 4.74 Å². The zero-order valence-electron chi connectivity index (χ0n) is 23.7. The number of fused-ring (bicyclic) bond motifs is 1. The average molecular weight is 577 g/mol. The van der Waals surface area contributed by atoms with Crippen LogP contribution in [0.4, 0.5) is 0 Å². The fourth-order valence-electron chi connectivity index (χ4n) is 6.36. The summed E-state index contributed by atoms with van der Waals surface area (Å²) in [6.45, 7) is 1.06. The Morgan fingerprint density at radius 2 is 1.17 bits per heavy atom. The molecule has 2 aliphatic rings.